The SMILES string of the molecule is CC(C)(C)N1CC2(C=CC(=O)C=C2)CC1=O. The van der Waals surface area contributed by atoms with Crippen LogP contribution in [0.5, 0.6) is 0 Å². The number of ketones is 1. The largest absolute Gasteiger partial charge is 0.337 e. The number of hydrogen-bond acceptors (Lipinski definition) is 2. The summed E-state index contributed by atoms with van der Waals surface area (Å²) >= 11 is 0. The Hall–Kier alpha value is -1.38. The molecule has 1 spiro atoms. The first-order chi connectivity index (χ1) is 7.32. The molecule has 0 aromatic heterocycles. The minimum absolute atomic E-state index is 0.00674. The molecule has 2 rings (SSSR count). The molecule has 0 unspecified atom stereocenters. The lowest BCUT2D eigenvalue weighted by Gasteiger charge is -2.33. The van der Waals surface area contributed by atoms with Gasteiger partial charge in [0.05, 0.1) is 0 Å². The minimum atomic E-state index is -0.252. The van der Waals surface area contributed by atoms with Crippen molar-refractivity contribution in [3.8, 4) is 0 Å². The van der Waals surface area contributed by atoms with Gasteiger partial charge in [0.25, 0.3) is 0 Å². The lowest BCUT2D eigenvalue weighted by atomic mass is 9.83. The summed E-state index contributed by atoms with van der Waals surface area (Å²) in [4.78, 5) is 24.9. The van der Waals surface area contributed by atoms with Crippen LogP contribution in [0, 0.1) is 5.41 Å². The van der Waals surface area contributed by atoms with Crippen LogP contribution in [0.1, 0.15) is 27.2 Å². The fourth-order valence-electron chi connectivity index (χ4n) is 2.26. The van der Waals surface area contributed by atoms with Crippen LogP contribution in [-0.4, -0.2) is 28.7 Å². The average molecular weight is 219 g/mol. The zero-order chi connectivity index (χ0) is 12.0. The van der Waals surface area contributed by atoms with Gasteiger partial charge < -0.3 is 4.90 Å². The van der Waals surface area contributed by atoms with Gasteiger partial charge in [-0.25, -0.2) is 0 Å². The second-order valence-electron chi connectivity index (χ2n) is 5.63. The quantitative estimate of drug-likeness (QED) is 0.622. The first-order valence-corrected chi connectivity index (χ1v) is 5.55. The van der Waals surface area contributed by atoms with E-state index in [0.29, 0.717) is 13.0 Å². The van der Waals surface area contributed by atoms with E-state index in [9.17, 15) is 9.59 Å². The van der Waals surface area contributed by atoms with Crippen LogP contribution in [0.4, 0.5) is 0 Å². The molecule has 16 heavy (non-hydrogen) atoms. The number of hydrogen-bond donors (Lipinski definition) is 0. The Morgan fingerprint density at radius 3 is 2.19 bits per heavy atom. The van der Waals surface area contributed by atoms with Crippen molar-refractivity contribution < 1.29 is 9.59 Å². The normalized spacial score (nSPS) is 23.6. The number of rotatable bonds is 0. The van der Waals surface area contributed by atoms with Crippen molar-refractivity contribution in [1.29, 1.82) is 0 Å². The van der Waals surface area contributed by atoms with Gasteiger partial charge in [-0.05, 0) is 32.9 Å². The summed E-state index contributed by atoms with van der Waals surface area (Å²) in [5, 5.41) is 0. The third-order valence-electron chi connectivity index (χ3n) is 3.20. The van der Waals surface area contributed by atoms with Gasteiger partial charge in [0.15, 0.2) is 5.78 Å². The Kier molecular flexibility index (Phi) is 2.30. The molecular formula is C13H17NO2. The van der Waals surface area contributed by atoms with Crippen molar-refractivity contribution >= 4 is 11.7 Å². The van der Waals surface area contributed by atoms with Gasteiger partial charge in [-0.15, -0.1) is 0 Å². The molecule has 0 radical (unpaired) electrons. The van der Waals surface area contributed by atoms with Crippen LogP contribution in [0.3, 0.4) is 0 Å². The number of nitrogens with zero attached hydrogens (tertiary/aromatic N) is 1. The molecule has 0 aromatic carbocycles. The van der Waals surface area contributed by atoms with E-state index in [1.165, 1.54) is 0 Å². The maximum Gasteiger partial charge on any atom is 0.224 e. The van der Waals surface area contributed by atoms with E-state index >= 15 is 0 Å². The van der Waals surface area contributed by atoms with Gasteiger partial charge >= 0.3 is 0 Å². The van der Waals surface area contributed by atoms with Crippen molar-refractivity contribution in [2.75, 3.05) is 6.54 Å². The summed E-state index contributed by atoms with van der Waals surface area (Å²) < 4.78 is 0. The second-order valence-corrected chi connectivity index (χ2v) is 5.63. The zero-order valence-electron chi connectivity index (χ0n) is 9.99. The molecule has 0 saturated carbocycles. The topological polar surface area (TPSA) is 37.4 Å². The molecule has 1 saturated heterocycles. The van der Waals surface area contributed by atoms with Crippen molar-refractivity contribution in [1.82, 2.24) is 4.90 Å². The smallest absolute Gasteiger partial charge is 0.224 e. The first kappa shape index (κ1) is 11.1. The lowest BCUT2D eigenvalue weighted by molar-refractivity contribution is -0.131. The van der Waals surface area contributed by atoms with Crippen LogP contribution in [0.15, 0.2) is 24.3 Å². The molecule has 3 heteroatoms. The van der Waals surface area contributed by atoms with Gasteiger partial charge in [0, 0.05) is 23.9 Å². The number of carbonyl (C=O) groups excluding carboxylic acids is 2. The number of carbonyl (C=O) groups is 2. The van der Waals surface area contributed by atoms with Gasteiger partial charge in [0.2, 0.25) is 5.91 Å². The standard InChI is InChI=1S/C13H17NO2/c1-12(2,3)14-9-13(8-11(14)16)6-4-10(15)5-7-13/h4-7H,8-9H2,1-3H3. The van der Waals surface area contributed by atoms with E-state index in [1.54, 1.807) is 12.2 Å². The highest BCUT2D eigenvalue weighted by atomic mass is 16.2. The molecule has 1 aliphatic carbocycles. The average Bonchev–Trinajstić information content (AvgIpc) is 2.49. The molecule has 1 aliphatic heterocycles. The fraction of sp³-hybridized carbons (Fsp3) is 0.538. The summed E-state index contributed by atoms with van der Waals surface area (Å²) in [5.41, 5.74) is -0.401. The minimum Gasteiger partial charge on any atom is -0.337 e. The number of likely N-dealkylation sites (tertiary alicyclic amines) is 1. The van der Waals surface area contributed by atoms with E-state index in [-0.39, 0.29) is 22.6 Å². The maximum absolute atomic E-state index is 11.9. The Balaban J connectivity index is 2.25. The van der Waals surface area contributed by atoms with Crippen LogP contribution >= 0.6 is 0 Å². The predicted octanol–water partition coefficient (Wildman–Crippen LogP) is 1.70. The third-order valence-corrected chi connectivity index (χ3v) is 3.20. The molecule has 0 atom stereocenters. The van der Waals surface area contributed by atoms with Gasteiger partial charge in [-0.3, -0.25) is 9.59 Å². The molecule has 86 valence electrons. The fourth-order valence-corrected chi connectivity index (χ4v) is 2.26. The second kappa shape index (κ2) is 3.30. The summed E-state index contributed by atoms with van der Waals surface area (Å²) in [6.45, 7) is 6.78. The molecule has 0 bridgehead atoms. The molecule has 3 nitrogen and oxygen atoms in total. The van der Waals surface area contributed by atoms with E-state index < -0.39 is 0 Å². The highest BCUT2D eigenvalue weighted by Crippen LogP contribution is 2.39. The number of allylic oxidation sites excluding steroid dienone is 2. The third kappa shape index (κ3) is 1.82. The van der Waals surface area contributed by atoms with Crippen molar-refractivity contribution in [2.45, 2.75) is 32.7 Å². The number of amides is 1. The molecule has 1 heterocycles. The molecule has 1 amide bonds. The summed E-state index contributed by atoms with van der Waals surface area (Å²) in [6, 6.07) is 0. The highest BCUT2D eigenvalue weighted by molar-refractivity contribution is 6.01. The zero-order valence-corrected chi connectivity index (χ0v) is 9.99. The van der Waals surface area contributed by atoms with Gasteiger partial charge in [-0.2, -0.15) is 0 Å². The molecule has 1 fully saturated rings. The summed E-state index contributed by atoms with van der Waals surface area (Å²) in [6.07, 6.45) is 7.36. The van der Waals surface area contributed by atoms with Crippen LogP contribution in [-0.2, 0) is 9.59 Å². The highest BCUT2D eigenvalue weighted by Gasteiger charge is 2.44. The maximum atomic E-state index is 11.9. The van der Waals surface area contributed by atoms with Crippen LogP contribution < -0.4 is 0 Å². The van der Waals surface area contributed by atoms with E-state index in [4.69, 9.17) is 0 Å². The van der Waals surface area contributed by atoms with Crippen molar-refractivity contribution in [2.24, 2.45) is 5.41 Å². The molecule has 2 aliphatic rings. The Morgan fingerprint density at radius 1 is 1.19 bits per heavy atom. The summed E-state index contributed by atoms with van der Waals surface area (Å²) in [7, 11) is 0. The molecule has 0 N–H and O–H groups in total. The molecule has 0 aromatic rings. The van der Waals surface area contributed by atoms with E-state index in [0.717, 1.165) is 0 Å². The monoisotopic (exact) mass is 219 g/mol. The van der Waals surface area contributed by atoms with Gasteiger partial charge in [0.1, 0.15) is 0 Å². The van der Waals surface area contributed by atoms with Crippen LogP contribution in [0.2, 0.25) is 0 Å². The molecular weight excluding hydrogens is 202 g/mol. The Bertz CT molecular complexity index is 383. The van der Waals surface area contributed by atoms with Crippen molar-refractivity contribution in [3.63, 3.8) is 0 Å². The van der Waals surface area contributed by atoms with E-state index in [1.807, 2.05) is 37.8 Å². The predicted molar refractivity (Wildman–Crippen MR) is 61.8 cm³/mol. The lowest BCUT2D eigenvalue weighted by Crippen LogP contribution is -2.43. The van der Waals surface area contributed by atoms with Gasteiger partial charge in [-0.1, -0.05) is 12.2 Å². The Labute approximate surface area is 95.8 Å². The van der Waals surface area contributed by atoms with Crippen LogP contribution in [0.25, 0.3) is 0 Å². The van der Waals surface area contributed by atoms with Crippen molar-refractivity contribution in [3.05, 3.63) is 24.3 Å². The first-order valence-electron chi connectivity index (χ1n) is 5.55. The Morgan fingerprint density at radius 2 is 1.75 bits per heavy atom. The summed E-state index contributed by atoms with van der Waals surface area (Å²) in [5.74, 6) is 0.170. The van der Waals surface area contributed by atoms with E-state index in [2.05, 4.69) is 0 Å².